The Balaban J connectivity index is 1.46. The average Bonchev–Trinajstić information content (AvgIpc) is 3.17. The molecule has 0 bridgehead atoms. The third-order valence-electron chi connectivity index (χ3n) is 4.87. The van der Waals surface area contributed by atoms with E-state index in [9.17, 15) is 9.59 Å². The molecule has 6 heteroatoms. The van der Waals surface area contributed by atoms with Gasteiger partial charge in [-0.15, -0.1) is 0 Å². The number of hydrogen-bond acceptors (Lipinski definition) is 4. The Bertz CT molecular complexity index is 732. The molecule has 2 aromatic rings. The van der Waals surface area contributed by atoms with Crippen LogP contribution in [0.25, 0.3) is 0 Å². The summed E-state index contributed by atoms with van der Waals surface area (Å²) in [5.74, 6) is 0.899. The van der Waals surface area contributed by atoms with Crippen LogP contribution >= 0.6 is 0 Å². The number of Topliss-reactive ketones (excluding diaryl/α,β-unsaturated/α-hetero) is 1. The highest BCUT2D eigenvalue weighted by atomic mass is 16.3. The lowest BCUT2D eigenvalue weighted by Crippen LogP contribution is -3.15. The SMILES string of the molecule is CC(=O)c1ccc(N2CC[NH+](CC(=O)N[C@H](C)c3ccco3)CC2)cc1. The molecule has 1 atom stereocenters. The summed E-state index contributed by atoms with van der Waals surface area (Å²) in [5, 5.41) is 2.99. The first-order valence-electron chi connectivity index (χ1n) is 9.05. The van der Waals surface area contributed by atoms with Crippen molar-refractivity contribution in [3.63, 3.8) is 0 Å². The van der Waals surface area contributed by atoms with E-state index in [1.54, 1.807) is 13.2 Å². The van der Waals surface area contributed by atoms with Crippen molar-refractivity contribution in [2.24, 2.45) is 0 Å². The van der Waals surface area contributed by atoms with Crippen LogP contribution in [-0.2, 0) is 4.79 Å². The van der Waals surface area contributed by atoms with E-state index >= 15 is 0 Å². The number of piperazine rings is 1. The number of anilines is 1. The van der Waals surface area contributed by atoms with Crippen molar-refractivity contribution in [3.05, 3.63) is 54.0 Å². The lowest BCUT2D eigenvalue weighted by atomic mass is 10.1. The number of amides is 1. The standard InChI is InChI=1S/C20H25N3O3/c1-15(19-4-3-13-26-19)21-20(25)14-22-9-11-23(12-10-22)18-7-5-17(6-8-18)16(2)24/h3-8,13,15H,9-12,14H2,1-2H3,(H,21,25)/p+1/t15-/m1/s1. The van der Waals surface area contributed by atoms with Gasteiger partial charge in [-0.1, -0.05) is 0 Å². The minimum atomic E-state index is -0.113. The van der Waals surface area contributed by atoms with Gasteiger partial charge in [0.05, 0.1) is 38.5 Å². The highest BCUT2D eigenvalue weighted by Gasteiger charge is 2.23. The predicted molar refractivity (Wildman–Crippen MR) is 99.5 cm³/mol. The Morgan fingerprint density at radius 1 is 1.19 bits per heavy atom. The van der Waals surface area contributed by atoms with Crippen LogP contribution in [0.3, 0.4) is 0 Å². The molecule has 0 radical (unpaired) electrons. The molecule has 138 valence electrons. The number of hydrogen-bond donors (Lipinski definition) is 2. The van der Waals surface area contributed by atoms with Crippen molar-refractivity contribution >= 4 is 17.4 Å². The summed E-state index contributed by atoms with van der Waals surface area (Å²) in [6.07, 6.45) is 1.62. The van der Waals surface area contributed by atoms with Gasteiger partial charge in [0.1, 0.15) is 5.76 Å². The predicted octanol–water partition coefficient (Wildman–Crippen LogP) is 1.06. The molecule has 26 heavy (non-hydrogen) atoms. The number of nitrogens with one attached hydrogen (secondary N) is 2. The molecule has 6 nitrogen and oxygen atoms in total. The van der Waals surface area contributed by atoms with Crippen molar-refractivity contribution < 1.29 is 18.9 Å². The van der Waals surface area contributed by atoms with Gasteiger partial charge in [-0.05, 0) is 50.2 Å². The van der Waals surface area contributed by atoms with Gasteiger partial charge in [0.2, 0.25) is 0 Å². The molecule has 0 saturated carbocycles. The van der Waals surface area contributed by atoms with Crippen LogP contribution in [0.1, 0.15) is 36.0 Å². The highest BCUT2D eigenvalue weighted by molar-refractivity contribution is 5.94. The van der Waals surface area contributed by atoms with E-state index in [1.807, 2.05) is 43.3 Å². The van der Waals surface area contributed by atoms with E-state index in [0.29, 0.717) is 6.54 Å². The first-order valence-corrected chi connectivity index (χ1v) is 9.05. The largest absolute Gasteiger partial charge is 0.467 e. The molecular weight excluding hydrogens is 330 g/mol. The lowest BCUT2D eigenvalue weighted by molar-refractivity contribution is -0.892. The summed E-state index contributed by atoms with van der Waals surface area (Å²) in [6, 6.07) is 11.3. The number of carbonyl (C=O) groups is 2. The monoisotopic (exact) mass is 356 g/mol. The number of carbonyl (C=O) groups excluding carboxylic acids is 2. The third kappa shape index (κ3) is 4.52. The van der Waals surface area contributed by atoms with Gasteiger partial charge in [0.15, 0.2) is 12.3 Å². The van der Waals surface area contributed by atoms with Crippen molar-refractivity contribution in [1.29, 1.82) is 0 Å². The number of quaternary nitrogens is 1. The first kappa shape index (κ1) is 18.2. The van der Waals surface area contributed by atoms with E-state index in [1.165, 1.54) is 4.90 Å². The van der Waals surface area contributed by atoms with Gasteiger partial charge in [0.25, 0.3) is 5.91 Å². The van der Waals surface area contributed by atoms with E-state index in [0.717, 1.165) is 43.2 Å². The van der Waals surface area contributed by atoms with Gasteiger partial charge in [-0.25, -0.2) is 0 Å². The summed E-state index contributed by atoms with van der Waals surface area (Å²) < 4.78 is 5.32. The fourth-order valence-corrected chi connectivity index (χ4v) is 3.29. The summed E-state index contributed by atoms with van der Waals surface area (Å²) in [5.41, 5.74) is 1.87. The van der Waals surface area contributed by atoms with Gasteiger partial charge in [-0.2, -0.15) is 0 Å². The van der Waals surface area contributed by atoms with Crippen LogP contribution in [0.15, 0.2) is 47.1 Å². The van der Waals surface area contributed by atoms with Crippen molar-refractivity contribution in [2.45, 2.75) is 19.9 Å². The second kappa shape index (κ2) is 8.19. The maximum absolute atomic E-state index is 12.3. The molecule has 1 aliphatic rings. The molecule has 1 amide bonds. The Kier molecular flexibility index (Phi) is 5.73. The minimum Gasteiger partial charge on any atom is -0.467 e. The van der Waals surface area contributed by atoms with Crippen LogP contribution in [0.2, 0.25) is 0 Å². The summed E-state index contributed by atoms with van der Waals surface area (Å²) >= 11 is 0. The van der Waals surface area contributed by atoms with E-state index in [4.69, 9.17) is 4.42 Å². The Labute approximate surface area is 153 Å². The van der Waals surface area contributed by atoms with Crippen LogP contribution < -0.4 is 15.1 Å². The van der Waals surface area contributed by atoms with E-state index < -0.39 is 0 Å². The molecule has 1 fully saturated rings. The van der Waals surface area contributed by atoms with E-state index in [-0.39, 0.29) is 17.7 Å². The summed E-state index contributed by atoms with van der Waals surface area (Å²) in [7, 11) is 0. The second-order valence-electron chi connectivity index (χ2n) is 6.82. The Hall–Kier alpha value is -2.60. The Morgan fingerprint density at radius 3 is 2.46 bits per heavy atom. The zero-order valence-corrected chi connectivity index (χ0v) is 15.3. The van der Waals surface area contributed by atoms with Gasteiger partial charge in [-0.3, -0.25) is 9.59 Å². The normalized spacial score (nSPS) is 16.3. The molecule has 1 aromatic carbocycles. The maximum Gasteiger partial charge on any atom is 0.275 e. The molecule has 0 spiro atoms. The summed E-state index contributed by atoms with van der Waals surface area (Å²) in [6.45, 7) is 7.60. The molecule has 2 heterocycles. The number of benzene rings is 1. The van der Waals surface area contributed by atoms with Crippen LogP contribution in [0.5, 0.6) is 0 Å². The minimum absolute atomic E-state index is 0.0446. The fraction of sp³-hybridized carbons (Fsp3) is 0.400. The van der Waals surface area contributed by atoms with Crippen molar-refractivity contribution in [3.8, 4) is 0 Å². The van der Waals surface area contributed by atoms with Crippen molar-refractivity contribution in [2.75, 3.05) is 37.6 Å². The molecule has 1 aliphatic heterocycles. The second-order valence-corrected chi connectivity index (χ2v) is 6.82. The van der Waals surface area contributed by atoms with Crippen LogP contribution in [-0.4, -0.2) is 44.4 Å². The topological polar surface area (TPSA) is 67.0 Å². The quantitative estimate of drug-likeness (QED) is 0.760. The lowest BCUT2D eigenvalue weighted by Gasteiger charge is -2.33. The van der Waals surface area contributed by atoms with Crippen LogP contribution in [0, 0.1) is 0 Å². The van der Waals surface area contributed by atoms with E-state index in [2.05, 4.69) is 10.2 Å². The third-order valence-corrected chi connectivity index (χ3v) is 4.87. The highest BCUT2D eigenvalue weighted by Crippen LogP contribution is 2.15. The molecule has 0 unspecified atom stereocenters. The maximum atomic E-state index is 12.3. The molecular formula is C20H26N3O3+. The number of furan rings is 1. The summed E-state index contributed by atoms with van der Waals surface area (Å²) in [4.78, 5) is 27.2. The Morgan fingerprint density at radius 2 is 1.88 bits per heavy atom. The molecule has 0 aliphatic carbocycles. The zero-order chi connectivity index (χ0) is 18.5. The van der Waals surface area contributed by atoms with Gasteiger partial charge in [0, 0.05) is 11.3 Å². The number of nitrogens with zero attached hydrogens (tertiary/aromatic N) is 1. The molecule has 3 rings (SSSR count). The molecule has 2 N–H and O–H groups in total. The number of rotatable bonds is 6. The number of ketones is 1. The first-order chi connectivity index (χ1) is 12.5. The zero-order valence-electron chi connectivity index (χ0n) is 15.3. The fourth-order valence-electron chi connectivity index (χ4n) is 3.29. The average molecular weight is 356 g/mol. The molecule has 1 aromatic heterocycles. The van der Waals surface area contributed by atoms with Gasteiger partial charge < -0.3 is 19.5 Å². The van der Waals surface area contributed by atoms with Gasteiger partial charge >= 0.3 is 0 Å². The smallest absolute Gasteiger partial charge is 0.275 e. The van der Waals surface area contributed by atoms with Crippen LogP contribution in [0.4, 0.5) is 5.69 Å². The van der Waals surface area contributed by atoms with Crippen molar-refractivity contribution in [1.82, 2.24) is 5.32 Å². The molecule has 1 saturated heterocycles.